The number of pyridine rings is 1. The molecule has 0 fully saturated rings. The van der Waals surface area contributed by atoms with Gasteiger partial charge in [-0.2, -0.15) is 13.2 Å². The van der Waals surface area contributed by atoms with Gasteiger partial charge in [0.2, 0.25) is 5.95 Å². The van der Waals surface area contributed by atoms with Crippen molar-refractivity contribution in [3.63, 3.8) is 0 Å². The standard InChI is InChI=1S/C43H32BCl2F5N12O4S/c45-29-19-32-35(20-30(29)46)61-41(55-32)56-40(66)42(61,43(47,48)49)57-39(65)31-4-1-6-37(54-31)53-21-25-22-60(59-58-25)16-3-15-52-38(64)23-67-28-11-7-24(8-12-28)33-13-9-26-18-27-10-14-34(36-5-2-17-68-36)63(27)44(50,51)62(26)33/h1-2,4-14,17-20,22H,3,15-16,21,23H2,(H,52,64)(H,53,54)(H,57,65)(H,55,56,66). The summed E-state index contributed by atoms with van der Waals surface area (Å²) < 4.78 is 87.2. The minimum atomic E-state index is -5.35. The number of imidazole rings is 1. The molecule has 0 bridgehead atoms. The molecule has 0 spiro atoms. The highest BCUT2D eigenvalue weighted by molar-refractivity contribution is 7.13. The summed E-state index contributed by atoms with van der Waals surface area (Å²) in [5.41, 5.74) is -1.59. The van der Waals surface area contributed by atoms with E-state index in [1.807, 2.05) is 22.8 Å². The maximum absolute atomic E-state index is 16.3. The molecule has 68 heavy (non-hydrogen) atoms. The molecule has 1 atom stereocenters. The van der Waals surface area contributed by atoms with Crippen molar-refractivity contribution in [1.29, 1.82) is 0 Å². The molecule has 0 saturated heterocycles. The van der Waals surface area contributed by atoms with Gasteiger partial charge in [0.15, 0.2) is 18.0 Å². The summed E-state index contributed by atoms with van der Waals surface area (Å²) in [7, 11) is 0. The van der Waals surface area contributed by atoms with Gasteiger partial charge in [0.25, 0.3) is 23.4 Å². The first kappa shape index (κ1) is 44.5. The van der Waals surface area contributed by atoms with E-state index in [2.05, 4.69) is 36.2 Å². The van der Waals surface area contributed by atoms with Crippen LogP contribution in [-0.4, -0.2) is 88.2 Å². The van der Waals surface area contributed by atoms with E-state index in [0.717, 1.165) is 19.9 Å². The van der Waals surface area contributed by atoms with Crippen molar-refractivity contribution in [2.24, 2.45) is 0 Å². The molecule has 1 unspecified atom stereocenters. The first-order chi connectivity index (χ1) is 32.6. The number of ether oxygens (including phenoxy) is 1. The predicted molar refractivity (Wildman–Crippen MR) is 244 cm³/mol. The summed E-state index contributed by atoms with van der Waals surface area (Å²) >= 11 is 13.5. The molecule has 8 heterocycles. The van der Waals surface area contributed by atoms with Gasteiger partial charge in [-0.25, -0.2) is 9.97 Å². The van der Waals surface area contributed by atoms with Gasteiger partial charge in [0.05, 0.1) is 33.8 Å². The van der Waals surface area contributed by atoms with Crippen molar-refractivity contribution < 1.29 is 45.4 Å². The fraction of sp³-hybridized carbons (Fsp3) is 0.163. The number of carbonyl (C=O) groups is 3. The lowest BCUT2D eigenvalue weighted by Crippen LogP contribution is -2.63. The third-order valence-electron chi connectivity index (χ3n) is 11.3. The molecule has 3 aliphatic heterocycles. The summed E-state index contributed by atoms with van der Waals surface area (Å²) in [6, 6.07) is 20.1. The SMILES string of the molecule is O=C(COc1ccc(C2=[N+]3C(=Cc4ccc(-c5cccs5)n4[B-]3(F)F)C=C2)cc1)NCCCn1cc(CNc2cccc(C(=O)NC3(C(F)(F)F)C(=O)Nc4nc5cc(Cl)c(Cl)cc5n43)n2)nn1. The van der Waals surface area contributed by atoms with E-state index in [-0.39, 0.29) is 52.5 Å². The fourth-order valence-electron chi connectivity index (χ4n) is 8.20. The van der Waals surface area contributed by atoms with E-state index in [1.165, 1.54) is 35.6 Å². The Morgan fingerprint density at radius 3 is 2.57 bits per heavy atom. The van der Waals surface area contributed by atoms with Gasteiger partial charge in [-0.05, 0) is 78.5 Å². The van der Waals surface area contributed by atoms with Gasteiger partial charge >= 0.3 is 13.1 Å². The Labute approximate surface area is 394 Å². The number of hydrogen-bond acceptors (Lipinski definition) is 10. The van der Waals surface area contributed by atoms with E-state index in [9.17, 15) is 27.6 Å². The van der Waals surface area contributed by atoms with E-state index < -0.39 is 42.3 Å². The summed E-state index contributed by atoms with van der Waals surface area (Å²) in [4.78, 5) is 47.9. The van der Waals surface area contributed by atoms with Crippen molar-refractivity contribution in [3.05, 3.63) is 141 Å². The fourth-order valence-corrected chi connectivity index (χ4v) is 9.27. The third kappa shape index (κ3) is 7.84. The van der Waals surface area contributed by atoms with Gasteiger partial charge in [-0.15, -0.1) is 16.4 Å². The van der Waals surface area contributed by atoms with Crippen molar-refractivity contribution >= 4 is 93.8 Å². The quantitative estimate of drug-likeness (QED) is 0.0495. The number of amides is 3. The minimum Gasteiger partial charge on any atom is -0.484 e. The molecule has 5 aromatic heterocycles. The average Bonchev–Trinajstić information content (AvgIpc) is 4.18. The first-order valence-corrected chi connectivity index (χ1v) is 22.3. The van der Waals surface area contributed by atoms with Crippen molar-refractivity contribution in [1.82, 2.24) is 44.6 Å². The number of thiophene rings is 1. The van der Waals surface area contributed by atoms with E-state index in [0.29, 0.717) is 57.3 Å². The Bertz CT molecular complexity index is 3280. The zero-order chi connectivity index (χ0) is 47.5. The Hall–Kier alpha value is -7.37. The number of aryl methyl sites for hydroxylation is 1. The van der Waals surface area contributed by atoms with Crippen LogP contribution in [0.15, 0.2) is 108 Å². The third-order valence-corrected chi connectivity index (χ3v) is 12.9. The van der Waals surface area contributed by atoms with Crippen LogP contribution >= 0.6 is 34.5 Å². The number of fused-ring (bicyclic) bond motifs is 5. The Morgan fingerprint density at radius 2 is 1.79 bits per heavy atom. The molecule has 0 aliphatic carbocycles. The number of nitrogens with zero attached hydrogens (tertiary/aromatic N) is 8. The second-order valence-electron chi connectivity index (χ2n) is 15.6. The monoisotopic (exact) mass is 988 g/mol. The predicted octanol–water partition coefficient (Wildman–Crippen LogP) is 7.30. The van der Waals surface area contributed by atoms with Crippen molar-refractivity contribution in [3.8, 4) is 16.3 Å². The first-order valence-electron chi connectivity index (χ1n) is 20.6. The molecule has 2 aromatic carbocycles. The summed E-state index contributed by atoms with van der Waals surface area (Å²) in [5.74, 6) is -3.25. The second-order valence-corrected chi connectivity index (χ2v) is 17.4. The number of carbonyl (C=O) groups excluding carboxylic acids is 3. The number of anilines is 2. The van der Waals surface area contributed by atoms with Gasteiger partial charge < -0.3 is 38.3 Å². The van der Waals surface area contributed by atoms with Crippen LogP contribution in [0.25, 0.3) is 27.7 Å². The molecule has 3 aliphatic rings. The van der Waals surface area contributed by atoms with Crippen LogP contribution in [0.4, 0.5) is 33.6 Å². The number of aromatic nitrogens is 7. The number of rotatable bonds is 14. The summed E-state index contributed by atoms with van der Waals surface area (Å²) in [6.07, 6.45) is 1.85. The maximum atomic E-state index is 16.3. The lowest BCUT2D eigenvalue weighted by molar-refractivity contribution is -0.360. The van der Waals surface area contributed by atoms with Crippen LogP contribution in [0.1, 0.15) is 33.9 Å². The largest absolute Gasteiger partial charge is 0.737 e. The van der Waals surface area contributed by atoms with Crippen LogP contribution in [0.3, 0.4) is 0 Å². The van der Waals surface area contributed by atoms with Crippen LogP contribution in [0, 0.1) is 0 Å². The maximum Gasteiger partial charge on any atom is 0.737 e. The Kier molecular flexibility index (Phi) is 11.2. The minimum absolute atomic E-state index is 0.000848. The molecule has 346 valence electrons. The van der Waals surface area contributed by atoms with Crippen LogP contribution < -0.4 is 26.0 Å². The number of allylic oxidation sites excluding steroid dienone is 2. The lowest BCUT2D eigenvalue weighted by atomic mass is 9.90. The highest BCUT2D eigenvalue weighted by atomic mass is 35.5. The highest BCUT2D eigenvalue weighted by Gasteiger charge is 2.68. The molecule has 10 rings (SSSR count). The molecule has 16 nitrogen and oxygen atoms in total. The normalized spacial score (nSPS) is 16.9. The van der Waals surface area contributed by atoms with Gasteiger partial charge in [-0.3, -0.25) is 28.9 Å². The molecular weight excluding hydrogens is 957 g/mol. The Morgan fingerprint density at radius 1 is 0.985 bits per heavy atom. The van der Waals surface area contributed by atoms with Crippen LogP contribution in [-0.2, 0) is 28.3 Å². The van der Waals surface area contributed by atoms with Crippen molar-refractivity contribution in [2.75, 3.05) is 23.8 Å². The van der Waals surface area contributed by atoms with Crippen molar-refractivity contribution in [2.45, 2.75) is 31.3 Å². The topological polar surface area (TPSA) is 178 Å². The average molecular weight is 990 g/mol. The van der Waals surface area contributed by atoms with Gasteiger partial charge in [-0.1, -0.05) is 40.5 Å². The second kappa shape index (κ2) is 17.1. The zero-order valence-corrected chi connectivity index (χ0v) is 37.1. The van der Waals surface area contributed by atoms with Crippen LogP contribution in [0.2, 0.25) is 10.0 Å². The van der Waals surface area contributed by atoms with E-state index in [1.54, 1.807) is 65.5 Å². The lowest BCUT2D eigenvalue weighted by Gasteiger charge is -2.31. The number of benzene rings is 2. The van der Waals surface area contributed by atoms with Crippen LogP contribution in [0.5, 0.6) is 5.75 Å². The summed E-state index contributed by atoms with van der Waals surface area (Å²) in [5, 5.41) is 19.6. The van der Waals surface area contributed by atoms with Gasteiger partial charge in [0.1, 0.15) is 23.0 Å². The molecule has 7 aromatic rings. The van der Waals surface area contributed by atoms with E-state index in [4.69, 9.17) is 27.9 Å². The molecule has 4 N–H and O–H groups in total. The molecule has 0 saturated carbocycles. The molecule has 25 heteroatoms. The molecule has 3 amide bonds. The van der Waals surface area contributed by atoms with E-state index >= 15 is 8.63 Å². The molecule has 0 radical (unpaired) electrons. The number of nitrogens with one attached hydrogen (secondary N) is 4. The molecular formula is C43H32BCl2F5N12O4S. The smallest absolute Gasteiger partial charge is 0.484 e. The zero-order valence-electron chi connectivity index (χ0n) is 34.8. The number of halogens is 7. The highest BCUT2D eigenvalue weighted by Crippen LogP contribution is 2.45. The summed E-state index contributed by atoms with van der Waals surface area (Å²) in [6.45, 7) is -3.75. The van der Waals surface area contributed by atoms with Gasteiger partial charge in [0, 0.05) is 53.1 Å². The number of hydrogen-bond donors (Lipinski definition) is 4. The number of alkyl halides is 3. The Balaban J connectivity index is 0.696.